The first-order valence-electron chi connectivity index (χ1n) is 7.44. The molecule has 1 nitrogen and oxygen atoms in total. The second-order valence-electron chi connectivity index (χ2n) is 5.30. The van der Waals surface area contributed by atoms with E-state index in [2.05, 4.69) is 67.6 Å². The van der Waals surface area contributed by atoms with Crippen LogP contribution in [0, 0.1) is 6.92 Å². The molecule has 116 valence electrons. The van der Waals surface area contributed by atoms with E-state index in [0.29, 0.717) is 0 Å². The molecular formula is C20H18BiClO. The maximum absolute atomic E-state index is 6.09. The first kappa shape index (κ1) is 16.5. The topological polar surface area (TPSA) is 9.23 Å². The molecule has 0 aliphatic heterocycles. The third kappa shape index (κ3) is 3.76. The molecule has 3 aromatic rings. The number of hydrogen-bond acceptors (Lipinski definition) is 1. The van der Waals surface area contributed by atoms with Gasteiger partial charge in [-0.2, -0.15) is 0 Å². The Morgan fingerprint density at radius 1 is 0.783 bits per heavy atom. The van der Waals surface area contributed by atoms with Gasteiger partial charge in [0.1, 0.15) is 0 Å². The molecule has 0 saturated carbocycles. The van der Waals surface area contributed by atoms with Gasteiger partial charge in [0.2, 0.25) is 0 Å². The van der Waals surface area contributed by atoms with Crippen LogP contribution in [0.2, 0.25) is 5.02 Å². The van der Waals surface area contributed by atoms with E-state index in [-0.39, 0.29) is 0 Å². The van der Waals surface area contributed by atoms with Gasteiger partial charge < -0.3 is 0 Å². The summed E-state index contributed by atoms with van der Waals surface area (Å²) in [6.07, 6.45) is 0. The Morgan fingerprint density at radius 3 is 1.91 bits per heavy atom. The number of rotatable bonds is 4. The van der Waals surface area contributed by atoms with Crippen molar-refractivity contribution in [3.05, 3.63) is 83.4 Å². The van der Waals surface area contributed by atoms with Gasteiger partial charge in [0.15, 0.2) is 0 Å². The van der Waals surface area contributed by atoms with Crippen LogP contribution in [0.15, 0.2) is 72.8 Å². The summed E-state index contributed by atoms with van der Waals surface area (Å²) in [4.78, 5) is 0. The van der Waals surface area contributed by atoms with Gasteiger partial charge >= 0.3 is 151 Å². The average Bonchev–Trinajstić information content (AvgIpc) is 2.59. The van der Waals surface area contributed by atoms with Gasteiger partial charge in [-0.3, -0.25) is 0 Å². The van der Waals surface area contributed by atoms with Crippen molar-refractivity contribution in [3.63, 3.8) is 0 Å². The standard InChI is InChI=1S/C7H7O.C7H7.C6H4Cl.Bi/c1-8-7-5-3-2-4-6-7;1-7-5-3-2-4-6-7;7-6-4-2-1-3-5-6;/h3-6H,1H3;2-5H,1H3;2-5H;. The van der Waals surface area contributed by atoms with Gasteiger partial charge in [-0.25, -0.2) is 0 Å². The molecule has 0 fully saturated rings. The Hall–Kier alpha value is -1.37. The van der Waals surface area contributed by atoms with Gasteiger partial charge in [-0.15, -0.1) is 0 Å². The van der Waals surface area contributed by atoms with Crippen molar-refractivity contribution in [1.82, 2.24) is 0 Å². The first-order valence-corrected chi connectivity index (χ1v) is 13.0. The Balaban J connectivity index is 2.13. The monoisotopic (exact) mass is 518 g/mol. The van der Waals surface area contributed by atoms with E-state index < -0.39 is 21.8 Å². The molecule has 0 amide bonds. The van der Waals surface area contributed by atoms with Crippen LogP contribution in [-0.2, 0) is 0 Å². The number of aryl methyl sites for hydroxylation is 1. The van der Waals surface area contributed by atoms with E-state index in [9.17, 15) is 0 Å². The minimum absolute atomic E-state index is 0.789. The molecule has 0 aliphatic carbocycles. The van der Waals surface area contributed by atoms with E-state index in [4.69, 9.17) is 16.3 Å². The fraction of sp³-hybridized carbons (Fsp3) is 0.100. The summed E-state index contributed by atoms with van der Waals surface area (Å²) in [6.45, 7) is 2.21. The molecule has 0 unspecified atom stereocenters. The van der Waals surface area contributed by atoms with Crippen molar-refractivity contribution in [1.29, 1.82) is 0 Å². The maximum atomic E-state index is 6.09. The third-order valence-corrected chi connectivity index (χ3v) is 14.2. The summed E-state index contributed by atoms with van der Waals surface area (Å²) in [6, 6.07) is 25.7. The van der Waals surface area contributed by atoms with Crippen molar-refractivity contribution in [2.75, 3.05) is 7.11 Å². The Kier molecular flexibility index (Phi) is 5.35. The zero-order chi connectivity index (χ0) is 16.2. The summed E-state index contributed by atoms with van der Waals surface area (Å²) < 4.78 is 9.69. The van der Waals surface area contributed by atoms with E-state index in [1.807, 2.05) is 12.1 Å². The molecule has 0 heterocycles. The molecular weight excluding hydrogens is 501 g/mol. The predicted molar refractivity (Wildman–Crippen MR) is 100 cm³/mol. The molecule has 0 saturated heterocycles. The number of ether oxygens (including phenoxy) is 1. The molecule has 3 rings (SSSR count). The van der Waals surface area contributed by atoms with Gasteiger partial charge in [0.25, 0.3) is 0 Å². The quantitative estimate of drug-likeness (QED) is 0.482. The number of methoxy groups -OCH3 is 1. The summed E-state index contributed by atoms with van der Waals surface area (Å²) >= 11 is 3.78. The van der Waals surface area contributed by atoms with Gasteiger partial charge in [0.05, 0.1) is 0 Å². The molecule has 0 N–H and O–H groups in total. The van der Waals surface area contributed by atoms with Crippen molar-refractivity contribution in [2.24, 2.45) is 0 Å². The Morgan fingerprint density at radius 2 is 1.35 bits per heavy atom. The molecule has 0 bridgehead atoms. The van der Waals surface area contributed by atoms with Crippen LogP contribution in [0.1, 0.15) is 5.56 Å². The SMILES string of the molecule is COc1cc[c]([Bi]([c]2ccc(Cl)cc2)[c]2ccccc2C)cc1. The number of halogens is 1. The molecule has 23 heavy (non-hydrogen) atoms. The summed E-state index contributed by atoms with van der Waals surface area (Å²) in [5.41, 5.74) is 1.37. The number of benzene rings is 3. The molecule has 3 heteroatoms. The van der Waals surface area contributed by atoms with E-state index in [0.717, 1.165) is 10.8 Å². The molecule has 0 spiro atoms. The van der Waals surface area contributed by atoms with E-state index >= 15 is 0 Å². The number of hydrogen-bond donors (Lipinski definition) is 0. The van der Waals surface area contributed by atoms with Crippen LogP contribution in [0.3, 0.4) is 0 Å². The molecule has 0 aliphatic rings. The molecule has 0 aromatic heterocycles. The van der Waals surface area contributed by atoms with Crippen LogP contribution in [-0.4, -0.2) is 28.9 Å². The molecule has 3 aromatic carbocycles. The average molecular weight is 519 g/mol. The molecule has 0 atom stereocenters. The Labute approximate surface area is 150 Å². The van der Waals surface area contributed by atoms with E-state index in [1.165, 1.54) is 15.4 Å². The van der Waals surface area contributed by atoms with Crippen LogP contribution < -0.4 is 14.6 Å². The predicted octanol–water partition coefficient (Wildman–Crippen LogP) is 3.17. The van der Waals surface area contributed by atoms with Gasteiger partial charge in [-0.05, 0) is 0 Å². The van der Waals surface area contributed by atoms with Crippen molar-refractivity contribution in [2.45, 2.75) is 6.92 Å². The fourth-order valence-corrected chi connectivity index (χ4v) is 12.1. The Bertz CT molecular complexity index is 781. The van der Waals surface area contributed by atoms with Crippen LogP contribution in [0.25, 0.3) is 0 Å². The van der Waals surface area contributed by atoms with Gasteiger partial charge in [-0.1, -0.05) is 0 Å². The van der Waals surface area contributed by atoms with Crippen LogP contribution >= 0.6 is 11.6 Å². The molecule has 0 radical (unpaired) electrons. The third-order valence-electron chi connectivity index (χ3n) is 3.77. The first-order chi connectivity index (χ1) is 11.2. The second kappa shape index (κ2) is 7.47. The summed E-state index contributed by atoms with van der Waals surface area (Å²) in [5.74, 6) is 0.901. The van der Waals surface area contributed by atoms with Crippen LogP contribution in [0.4, 0.5) is 0 Å². The van der Waals surface area contributed by atoms with Crippen molar-refractivity contribution >= 4 is 43.2 Å². The van der Waals surface area contributed by atoms with Gasteiger partial charge in [0, 0.05) is 0 Å². The zero-order valence-electron chi connectivity index (χ0n) is 13.2. The minimum atomic E-state index is -2.31. The zero-order valence-corrected chi connectivity index (χ0v) is 17.4. The second-order valence-corrected chi connectivity index (χ2v) is 14.2. The fourth-order valence-electron chi connectivity index (χ4n) is 2.56. The normalized spacial score (nSPS) is 10.8. The summed E-state index contributed by atoms with van der Waals surface area (Å²) in [7, 11) is 1.70. The van der Waals surface area contributed by atoms with Crippen LogP contribution in [0.5, 0.6) is 5.75 Å². The van der Waals surface area contributed by atoms with Crippen molar-refractivity contribution < 1.29 is 4.74 Å². The summed E-state index contributed by atoms with van der Waals surface area (Å²) in [5, 5.41) is 0.789. The van der Waals surface area contributed by atoms with E-state index in [1.54, 1.807) is 7.11 Å². The van der Waals surface area contributed by atoms with Crippen molar-refractivity contribution in [3.8, 4) is 5.75 Å².